The third kappa shape index (κ3) is 2.98. The van der Waals surface area contributed by atoms with Crippen molar-refractivity contribution in [2.45, 2.75) is 53.4 Å². The molecule has 1 N–H and O–H groups in total. The third-order valence-electron chi connectivity index (χ3n) is 3.79. The van der Waals surface area contributed by atoms with Gasteiger partial charge in [0.1, 0.15) is 0 Å². The molecule has 0 spiro atoms. The first kappa shape index (κ1) is 13.0. The highest BCUT2D eigenvalue weighted by Gasteiger charge is 2.32. The predicted molar refractivity (Wildman–Crippen MR) is 61.0 cm³/mol. The lowest BCUT2D eigenvalue weighted by molar-refractivity contribution is 0.132. The van der Waals surface area contributed by atoms with E-state index in [1.807, 2.05) is 0 Å². The Hall–Kier alpha value is -0.0400. The second kappa shape index (κ2) is 6.42. The van der Waals surface area contributed by atoms with Crippen molar-refractivity contribution in [2.24, 2.45) is 11.3 Å². The van der Waals surface area contributed by atoms with Gasteiger partial charge in [-0.1, -0.05) is 40.5 Å². The molecule has 0 bridgehead atoms. The van der Waals surface area contributed by atoms with Crippen LogP contribution in [0.15, 0.2) is 0 Å². The van der Waals surface area contributed by atoms with Crippen LogP contribution < -0.4 is 5.32 Å². The van der Waals surface area contributed by atoms with Gasteiger partial charge in [-0.25, -0.2) is 0 Å². The van der Waals surface area contributed by atoms with Gasteiger partial charge in [0.2, 0.25) is 0 Å². The van der Waals surface area contributed by atoms with Crippen molar-refractivity contribution in [1.82, 2.24) is 5.32 Å². The molecular weight excluding hydrogens is 158 g/mol. The molecule has 0 unspecified atom stereocenters. The molecule has 0 aromatic carbocycles. The largest absolute Gasteiger partial charge is 0.319 e. The topological polar surface area (TPSA) is 12.0 Å². The summed E-state index contributed by atoms with van der Waals surface area (Å²) in [5.41, 5.74) is 0.540. The lowest BCUT2D eigenvalue weighted by atomic mass is 9.69. The fraction of sp³-hybridized carbons (Fsp3) is 1.00. The van der Waals surface area contributed by atoms with E-state index in [2.05, 4.69) is 40.1 Å². The summed E-state index contributed by atoms with van der Waals surface area (Å²) in [5, 5.41) is 3.36. The van der Waals surface area contributed by atoms with Crippen LogP contribution in [-0.4, -0.2) is 13.6 Å². The summed E-state index contributed by atoms with van der Waals surface area (Å²) in [7, 11) is 2.07. The molecule has 0 radical (unpaired) electrons. The van der Waals surface area contributed by atoms with Crippen LogP contribution in [0.25, 0.3) is 0 Å². The van der Waals surface area contributed by atoms with Gasteiger partial charge in [0.25, 0.3) is 0 Å². The van der Waals surface area contributed by atoms with Gasteiger partial charge in [0, 0.05) is 6.54 Å². The number of rotatable bonds is 7. The first-order valence-electron chi connectivity index (χ1n) is 5.85. The smallest absolute Gasteiger partial charge is 0.000725 e. The zero-order chi connectivity index (χ0) is 10.3. The van der Waals surface area contributed by atoms with Crippen LogP contribution in [0.1, 0.15) is 53.4 Å². The molecule has 0 saturated carbocycles. The van der Waals surface area contributed by atoms with Gasteiger partial charge in [-0.3, -0.25) is 0 Å². The van der Waals surface area contributed by atoms with Crippen molar-refractivity contribution >= 4 is 0 Å². The lowest BCUT2D eigenvalue weighted by Gasteiger charge is -2.39. The van der Waals surface area contributed by atoms with Gasteiger partial charge in [-0.15, -0.1) is 0 Å². The van der Waals surface area contributed by atoms with Crippen molar-refractivity contribution in [3.8, 4) is 0 Å². The van der Waals surface area contributed by atoms with Gasteiger partial charge in [-0.2, -0.15) is 0 Å². The average Bonchev–Trinajstić information content (AvgIpc) is 2.18. The summed E-state index contributed by atoms with van der Waals surface area (Å²) in [6.07, 6.45) is 5.24. The van der Waals surface area contributed by atoms with Crippen LogP contribution in [0, 0.1) is 11.3 Å². The molecule has 0 saturated heterocycles. The van der Waals surface area contributed by atoms with Crippen LogP contribution in [-0.2, 0) is 0 Å². The Morgan fingerprint density at radius 3 is 1.69 bits per heavy atom. The zero-order valence-corrected chi connectivity index (χ0v) is 10.1. The Morgan fingerprint density at radius 2 is 1.46 bits per heavy atom. The number of hydrogen-bond acceptors (Lipinski definition) is 1. The van der Waals surface area contributed by atoms with E-state index in [1.54, 1.807) is 0 Å². The molecule has 0 aliphatic rings. The predicted octanol–water partition coefficient (Wildman–Crippen LogP) is 3.45. The van der Waals surface area contributed by atoms with Gasteiger partial charge in [-0.05, 0) is 31.2 Å². The molecule has 0 aromatic heterocycles. The van der Waals surface area contributed by atoms with Gasteiger partial charge < -0.3 is 5.32 Å². The first-order chi connectivity index (χ1) is 6.20. The fourth-order valence-electron chi connectivity index (χ4n) is 2.73. The molecule has 0 amide bonds. The fourth-order valence-corrected chi connectivity index (χ4v) is 2.73. The minimum Gasteiger partial charge on any atom is -0.319 e. The summed E-state index contributed by atoms with van der Waals surface area (Å²) in [6.45, 7) is 10.5. The van der Waals surface area contributed by atoms with Crippen LogP contribution in [0.3, 0.4) is 0 Å². The second-order valence-corrected chi connectivity index (χ2v) is 4.11. The molecule has 0 aliphatic heterocycles. The molecule has 0 fully saturated rings. The van der Waals surface area contributed by atoms with Gasteiger partial charge in [0.15, 0.2) is 0 Å². The van der Waals surface area contributed by atoms with E-state index in [1.165, 1.54) is 32.2 Å². The number of nitrogens with one attached hydrogen (secondary N) is 1. The summed E-state index contributed by atoms with van der Waals surface area (Å²) < 4.78 is 0. The Bertz CT molecular complexity index is 112. The van der Waals surface area contributed by atoms with E-state index in [9.17, 15) is 0 Å². The van der Waals surface area contributed by atoms with Crippen LogP contribution in [0.4, 0.5) is 0 Å². The van der Waals surface area contributed by atoms with Crippen molar-refractivity contribution in [3.63, 3.8) is 0 Å². The molecule has 0 rings (SSSR count). The summed E-state index contributed by atoms with van der Waals surface area (Å²) in [5.74, 6) is 0.884. The molecule has 1 heteroatoms. The summed E-state index contributed by atoms with van der Waals surface area (Å²) in [6, 6.07) is 0. The highest BCUT2D eigenvalue weighted by Crippen LogP contribution is 2.38. The quantitative estimate of drug-likeness (QED) is 0.640. The van der Waals surface area contributed by atoms with E-state index in [-0.39, 0.29) is 0 Å². The molecular formula is C12H27N. The maximum atomic E-state index is 3.36. The zero-order valence-electron chi connectivity index (χ0n) is 10.1. The molecule has 0 heterocycles. The summed E-state index contributed by atoms with van der Waals surface area (Å²) >= 11 is 0. The van der Waals surface area contributed by atoms with E-state index in [0.29, 0.717) is 5.41 Å². The molecule has 80 valence electrons. The molecule has 0 atom stereocenters. The van der Waals surface area contributed by atoms with Crippen LogP contribution in [0.2, 0.25) is 0 Å². The maximum absolute atomic E-state index is 3.36. The minimum atomic E-state index is 0.540. The SMILES string of the molecule is CCC(CC)C(CC)(CC)CNC. The maximum Gasteiger partial charge on any atom is 0.000725 e. The highest BCUT2D eigenvalue weighted by molar-refractivity contribution is 4.84. The lowest BCUT2D eigenvalue weighted by Crippen LogP contribution is -2.38. The van der Waals surface area contributed by atoms with Crippen molar-refractivity contribution in [3.05, 3.63) is 0 Å². The highest BCUT2D eigenvalue weighted by atomic mass is 14.8. The Kier molecular flexibility index (Phi) is 6.40. The first-order valence-corrected chi connectivity index (χ1v) is 5.85. The number of hydrogen-bond donors (Lipinski definition) is 1. The van der Waals surface area contributed by atoms with Gasteiger partial charge in [0.05, 0.1) is 0 Å². The van der Waals surface area contributed by atoms with E-state index < -0.39 is 0 Å². The Balaban J connectivity index is 4.50. The van der Waals surface area contributed by atoms with E-state index >= 15 is 0 Å². The minimum absolute atomic E-state index is 0.540. The second-order valence-electron chi connectivity index (χ2n) is 4.11. The molecule has 0 aromatic rings. The Labute approximate surface area is 84.3 Å². The molecule has 1 nitrogen and oxygen atoms in total. The van der Waals surface area contributed by atoms with Crippen molar-refractivity contribution < 1.29 is 0 Å². The van der Waals surface area contributed by atoms with Crippen LogP contribution in [0.5, 0.6) is 0 Å². The Morgan fingerprint density at radius 1 is 1.00 bits per heavy atom. The normalized spacial score (nSPS) is 12.5. The molecule has 13 heavy (non-hydrogen) atoms. The monoisotopic (exact) mass is 185 g/mol. The summed E-state index contributed by atoms with van der Waals surface area (Å²) in [4.78, 5) is 0. The van der Waals surface area contributed by atoms with Crippen LogP contribution >= 0.6 is 0 Å². The van der Waals surface area contributed by atoms with Gasteiger partial charge >= 0.3 is 0 Å². The van der Waals surface area contributed by atoms with Crippen molar-refractivity contribution in [1.29, 1.82) is 0 Å². The molecule has 0 aliphatic carbocycles. The van der Waals surface area contributed by atoms with Crippen molar-refractivity contribution in [2.75, 3.05) is 13.6 Å². The third-order valence-corrected chi connectivity index (χ3v) is 3.79. The standard InChI is InChI=1S/C12H27N/c1-6-11(7-2)12(8-3,9-4)10-13-5/h11,13H,6-10H2,1-5H3. The van der Waals surface area contributed by atoms with E-state index in [4.69, 9.17) is 0 Å². The van der Waals surface area contributed by atoms with E-state index in [0.717, 1.165) is 5.92 Å². The average molecular weight is 185 g/mol.